The molecule has 0 bridgehead atoms. The van der Waals surface area contributed by atoms with Crippen LogP contribution >= 0.6 is 0 Å². The summed E-state index contributed by atoms with van der Waals surface area (Å²) in [7, 11) is 0. The summed E-state index contributed by atoms with van der Waals surface area (Å²) in [5, 5.41) is 13.0. The zero-order valence-electron chi connectivity index (χ0n) is 13.5. The molecule has 0 saturated carbocycles. The summed E-state index contributed by atoms with van der Waals surface area (Å²) < 4.78 is 0. The van der Waals surface area contributed by atoms with Crippen molar-refractivity contribution in [2.24, 2.45) is 5.92 Å². The molecule has 0 aromatic heterocycles. The molecule has 0 aliphatic rings. The van der Waals surface area contributed by atoms with E-state index in [1.165, 1.54) is 39.0 Å². The average molecular weight is 293 g/mol. The van der Waals surface area contributed by atoms with Crippen LogP contribution in [0.1, 0.15) is 72.1 Å². The largest absolute Gasteiger partial charge is 1.00 e. The molecule has 20 heavy (non-hydrogen) atoms. The Morgan fingerprint density at radius 2 is 1.50 bits per heavy atom. The van der Waals surface area contributed by atoms with Crippen molar-refractivity contribution in [1.82, 2.24) is 5.32 Å². The zero-order valence-corrected chi connectivity index (χ0v) is 15.5. The second kappa shape index (κ2) is 13.9. The summed E-state index contributed by atoms with van der Waals surface area (Å²) in [4.78, 5) is 22.2. The summed E-state index contributed by atoms with van der Waals surface area (Å²) in [6.07, 6.45) is 9.36. The van der Waals surface area contributed by atoms with Crippen LogP contribution in [0, 0.1) is 5.92 Å². The fraction of sp³-hybridized carbons (Fsp3) is 0.867. The molecule has 0 fully saturated rings. The molecule has 0 heterocycles. The van der Waals surface area contributed by atoms with Gasteiger partial charge in [-0.05, 0) is 13.3 Å². The monoisotopic (exact) mass is 293 g/mol. The van der Waals surface area contributed by atoms with E-state index in [1.807, 2.05) is 6.92 Å². The van der Waals surface area contributed by atoms with Crippen LogP contribution in [-0.4, -0.2) is 17.9 Å². The van der Waals surface area contributed by atoms with Crippen LogP contribution in [0.25, 0.3) is 0 Å². The van der Waals surface area contributed by atoms with Crippen molar-refractivity contribution < 1.29 is 44.3 Å². The topological polar surface area (TPSA) is 69.2 Å². The van der Waals surface area contributed by atoms with E-state index in [0.717, 1.165) is 19.3 Å². The minimum Gasteiger partial charge on any atom is -0.548 e. The van der Waals surface area contributed by atoms with E-state index in [9.17, 15) is 14.7 Å². The Bertz CT molecular complexity index is 272. The number of unbranched alkanes of at least 4 members (excludes halogenated alkanes) is 6. The molecule has 0 aliphatic heterocycles. The second-order valence-electron chi connectivity index (χ2n) is 5.36. The predicted molar refractivity (Wildman–Crippen MR) is 74.4 cm³/mol. The Labute approximate surface area is 145 Å². The molecular weight excluding hydrogens is 265 g/mol. The third-order valence-corrected chi connectivity index (χ3v) is 3.40. The Morgan fingerprint density at radius 1 is 1.00 bits per heavy atom. The number of hydrogen-bond acceptors (Lipinski definition) is 3. The zero-order chi connectivity index (χ0) is 14.7. The van der Waals surface area contributed by atoms with E-state index in [2.05, 4.69) is 12.2 Å². The molecule has 0 radical (unpaired) electrons. The number of hydrogen-bond donors (Lipinski definition) is 1. The molecule has 112 valence electrons. The first-order chi connectivity index (χ1) is 8.99. The van der Waals surface area contributed by atoms with Crippen LogP contribution < -0.4 is 40.0 Å². The minimum absolute atomic E-state index is 0. The third-order valence-electron chi connectivity index (χ3n) is 3.40. The van der Waals surface area contributed by atoms with Gasteiger partial charge in [-0.3, -0.25) is 4.79 Å². The number of nitrogens with one attached hydrogen (secondary N) is 1. The molecule has 1 amide bonds. The summed E-state index contributed by atoms with van der Waals surface area (Å²) in [5.74, 6) is -1.56. The molecule has 5 heteroatoms. The fourth-order valence-electron chi connectivity index (χ4n) is 1.95. The average Bonchev–Trinajstić information content (AvgIpc) is 2.37. The van der Waals surface area contributed by atoms with E-state index in [1.54, 1.807) is 0 Å². The maximum Gasteiger partial charge on any atom is 1.00 e. The second-order valence-corrected chi connectivity index (χ2v) is 5.36. The van der Waals surface area contributed by atoms with Crippen LogP contribution in [-0.2, 0) is 9.59 Å². The van der Waals surface area contributed by atoms with Crippen molar-refractivity contribution in [1.29, 1.82) is 0 Å². The number of amides is 1. The Hall–Kier alpha value is -0.0600. The number of carbonyl (C=O) groups is 2. The number of carboxylic acids is 1. The molecule has 0 spiro atoms. The number of rotatable bonds is 11. The van der Waals surface area contributed by atoms with Crippen LogP contribution in [0.15, 0.2) is 0 Å². The van der Waals surface area contributed by atoms with Crippen LogP contribution in [0.3, 0.4) is 0 Å². The first-order valence-corrected chi connectivity index (χ1v) is 7.50. The minimum atomic E-state index is -1.24. The SMILES string of the molecule is CCCCCCCCCC(C)C(=O)NC(C)C(=O)[O-].[Na+]. The van der Waals surface area contributed by atoms with Gasteiger partial charge in [0.15, 0.2) is 0 Å². The van der Waals surface area contributed by atoms with Gasteiger partial charge in [0.05, 0.1) is 12.0 Å². The van der Waals surface area contributed by atoms with Gasteiger partial charge in [-0.15, -0.1) is 0 Å². The number of carboxylic acid groups (broad SMARTS) is 1. The van der Waals surface area contributed by atoms with E-state index >= 15 is 0 Å². The van der Waals surface area contributed by atoms with Gasteiger partial charge < -0.3 is 15.2 Å². The van der Waals surface area contributed by atoms with Crippen molar-refractivity contribution in [2.75, 3.05) is 0 Å². The Balaban J connectivity index is 0. The molecule has 0 saturated heterocycles. The van der Waals surface area contributed by atoms with Gasteiger partial charge in [0.1, 0.15) is 0 Å². The smallest absolute Gasteiger partial charge is 0.548 e. The third kappa shape index (κ3) is 11.7. The molecule has 2 unspecified atom stereocenters. The van der Waals surface area contributed by atoms with E-state index < -0.39 is 12.0 Å². The van der Waals surface area contributed by atoms with Crippen molar-refractivity contribution in [2.45, 2.75) is 78.2 Å². The standard InChI is InChI=1S/C15H29NO3.Na/c1-4-5-6-7-8-9-10-11-12(2)14(17)16-13(3)15(18)19;/h12-13H,4-11H2,1-3H3,(H,16,17)(H,18,19);/q;+1/p-1. The molecule has 0 rings (SSSR count). The van der Waals surface area contributed by atoms with Gasteiger partial charge in [0.2, 0.25) is 5.91 Å². The molecule has 0 aliphatic carbocycles. The molecular formula is C15H28NNaO3. The van der Waals surface area contributed by atoms with Gasteiger partial charge >= 0.3 is 29.6 Å². The summed E-state index contributed by atoms with van der Waals surface area (Å²) in [6.45, 7) is 5.47. The molecule has 4 nitrogen and oxygen atoms in total. The van der Waals surface area contributed by atoms with E-state index in [0.29, 0.717) is 0 Å². The summed E-state index contributed by atoms with van der Waals surface area (Å²) in [6, 6.07) is -0.913. The molecule has 0 aromatic carbocycles. The Morgan fingerprint density at radius 3 is 2.00 bits per heavy atom. The van der Waals surface area contributed by atoms with Gasteiger partial charge in [-0.1, -0.05) is 58.8 Å². The van der Waals surface area contributed by atoms with Crippen molar-refractivity contribution in [3.63, 3.8) is 0 Å². The molecule has 2 atom stereocenters. The normalized spacial score (nSPS) is 13.2. The molecule has 0 aromatic rings. The van der Waals surface area contributed by atoms with Crippen molar-refractivity contribution in [3.05, 3.63) is 0 Å². The van der Waals surface area contributed by atoms with Gasteiger partial charge in [0.25, 0.3) is 0 Å². The van der Waals surface area contributed by atoms with Crippen LogP contribution in [0.5, 0.6) is 0 Å². The predicted octanol–water partition coefficient (Wildman–Crippen LogP) is -0.978. The van der Waals surface area contributed by atoms with E-state index in [4.69, 9.17) is 0 Å². The maximum atomic E-state index is 11.7. The van der Waals surface area contributed by atoms with Crippen molar-refractivity contribution >= 4 is 11.9 Å². The van der Waals surface area contributed by atoms with Gasteiger partial charge in [-0.25, -0.2) is 0 Å². The molecule has 1 N–H and O–H groups in total. The van der Waals surface area contributed by atoms with Crippen LogP contribution in [0.2, 0.25) is 0 Å². The van der Waals surface area contributed by atoms with Crippen LogP contribution in [0.4, 0.5) is 0 Å². The number of carbonyl (C=O) groups excluding carboxylic acids is 2. The Kier molecular flexibility index (Phi) is 15.4. The number of aliphatic carboxylic acids is 1. The first kappa shape index (κ1) is 22.2. The van der Waals surface area contributed by atoms with Gasteiger partial charge in [-0.2, -0.15) is 0 Å². The van der Waals surface area contributed by atoms with Crippen molar-refractivity contribution in [3.8, 4) is 0 Å². The summed E-state index contributed by atoms with van der Waals surface area (Å²) >= 11 is 0. The summed E-state index contributed by atoms with van der Waals surface area (Å²) in [5.41, 5.74) is 0. The fourth-order valence-corrected chi connectivity index (χ4v) is 1.95. The quantitative estimate of drug-likeness (QED) is 0.393. The maximum absolute atomic E-state index is 11.7. The van der Waals surface area contributed by atoms with Gasteiger partial charge in [0, 0.05) is 5.92 Å². The first-order valence-electron chi connectivity index (χ1n) is 7.50. The van der Waals surface area contributed by atoms with E-state index in [-0.39, 0.29) is 41.4 Å².